The van der Waals surface area contributed by atoms with Crippen molar-refractivity contribution in [3.8, 4) is 17.2 Å². The van der Waals surface area contributed by atoms with E-state index in [0.717, 1.165) is 28.2 Å². The van der Waals surface area contributed by atoms with E-state index in [1.54, 1.807) is 25.3 Å². The second-order valence-corrected chi connectivity index (χ2v) is 8.08. The van der Waals surface area contributed by atoms with Gasteiger partial charge in [0.15, 0.2) is 6.10 Å². The van der Waals surface area contributed by atoms with Crippen molar-refractivity contribution in [1.29, 1.82) is 0 Å². The van der Waals surface area contributed by atoms with Crippen molar-refractivity contribution < 1.29 is 19.0 Å². The zero-order chi connectivity index (χ0) is 25.0. The highest BCUT2D eigenvalue weighted by Crippen LogP contribution is 2.20. The molecule has 0 heterocycles. The Morgan fingerprint density at radius 3 is 1.72 bits per heavy atom. The SMILES string of the molecule is CC(Oc1ccc(OCc2ccccc2)cc1)C(=O)N/N=C\c1ccc(OCc2ccccc2)cc1. The summed E-state index contributed by atoms with van der Waals surface area (Å²) in [6.07, 6.45) is 0.858. The van der Waals surface area contributed by atoms with Crippen molar-refractivity contribution >= 4 is 12.1 Å². The zero-order valence-electron chi connectivity index (χ0n) is 20.0. The molecule has 1 atom stereocenters. The van der Waals surface area contributed by atoms with Gasteiger partial charge in [-0.3, -0.25) is 4.79 Å². The standard InChI is InChI=1S/C30H28N2O4/c1-23(36-29-18-16-28(17-19-29)35-22-26-10-6-3-7-11-26)30(33)32-31-20-24-12-14-27(15-13-24)34-21-25-8-4-2-5-9-25/h2-20,23H,21-22H2,1H3,(H,32,33)/b31-20-. The lowest BCUT2D eigenvalue weighted by molar-refractivity contribution is -0.127. The normalized spacial score (nSPS) is 11.6. The number of hydrogen-bond acceptors (Lipinski definition) is 5. The van der Waals surface area contributed by atoms with Crippen molar-refractivity contribution in [1.82, 2.24) is 5.43 Å². The van der Waals surface area contributed by atoms with Gasteiger partial charge in [0.25, 0.3) is 5.91 Å². The Hall–Kier alpha value is -4.58. The van der Waals surface area contributed by atoms with E-state index in [1.807, 2.05) is 97.1 Å². The first-order valence-electron chi connectivity index (χ1n) is 11.7. The van der Waals surface area contributed by atoms with Crippen LogP contribution < -0.4 is 19.6 Å². The molecule has 6 heteroatoms. The molecule has 0 aliphatic rings. The van der Waals surface area contributed by atoms with Crippen LogP contribution in [0.25, 0.3) is 0 Å². The predicted molar refractivity (Wildman–Crippen MR) is 140 cm³/mol. The molecule has 0 fully saturated rings. The fraction of sp³-hybridized carbons (Fsp3) is 0.133. The first-order chi connectivity index (χ1) is 17.7. The Kier molecular flexibility index (Phi) is 8.70. The van der Waals surface area contributed by atoms with E-state index in [2.05, 4.69) is 10.5 Å². The lowest BCUT2D eigenvalue weighted by atomic mass is 10.2. The Bertz CT molecular complexity index is 1240. The highest BCUT2D eigenvalue weighted by Gasteiger charge is 2.14. The fourth-order valence-corrected chi connectivity index (χ4v) is 3.27. The molecule has 6 nitrogen and oxygen atoms in total. The maximum Gasteiger partial charge on any atom is 0.280 e. The molecular weight excluding hydrogens is 452 g/mol. The monoisotopic (exact) mass is 480 g/mol. The first kappa shape index (κ1) is 24.5. The number of amides is 1. The van der Waals surface area contributed by atoms with Crippen LogP contribution in [0.5, 0.6) is 17.2 Å². The van der Waals surface area contributed by atoms with Gasteiger partial charge in [-0.05, 0) is 72.1 Å². The molecule has 36 heavy (non-hydrogen) atoms. The molecule has 4 aromatic carbocycles. The summed E-state index contributed by atoms with van der Waals surface area (Å²) in [5.74, 6) is 1.71. The molecule has 1 amide bonds. The van der Waals surface area contributed by atoms with Gasteiger partial charge in [0.1, 0.15) is 30.5 Å². The average molecular weight is 481 g/mol. The van der Waals surface area contributed by atoms with Crippen molar-refractivity contribution in [2.45, 2.75) is 26.2 Å². The molecule has 1 N–H and O–H groups in total. The highest BCUT2D eigenvalue weighted by atomic mass is 16.5. The third-order valence-corrected chi connectivity index (χ3v) is 5.27. The van der Waals surface area contributed by atoms with Crippen LogP contribution in [0.3, 0.4) is 0 Å². The van der Waals surface area contributed by atoms with Crippen molar-refractivity contribution in [2.75, 3.05) is 0 Å². The number of hydrogen-bond donors (Lipinski definition) is 1. The maximum absolute atomic E-state index is 12.3. The summed E-state index contributed by atoms with van der Waals surface area (Å²) in [5.41, 5.74) is 5.55. The predicted octanol–water partition coefficient (Wildman–Crippen LogP) is 5.76. The summed E-state index contributed by atoms with van der Waals surface area (Å²) in [7, 11) is 0. The summed E-state index contributed by atoms with van der Waals surface area (Å²) < 4.78 is 17.3. The molecule has 0 saturated heterocycles. The fourth-order valence-electron chi connectivity index (χ4n) is 3.27. The number of ether oxygens (including phenoxy) is 3. The summed E-state index contributed by atoms with van der Waals surface area (Å²) in [6.45, 7) is 2.66. The lowest BCUT2D eigenvalue weighted by Gasteiger charge is -2.13. The van der Waals surface area contributed by atoms with Crippen molar-refractivity contribution in [2.24, 2.45) is 5.10 Å². The Morgan fingerprint density at radius 2 is 1.19 bits per heavy atom. The van der Waals surface area contributed by atoms with Crippen LogP contribution >= 0.6 is 0 Å². The number of benzene rings is 4. The number of rotatable bonds is 11. The van der Waals surface area contributed by atoms with Crippen LogP contribution in [0.15, 0.2) is 114 Å². The minimum absolute atomic E-state index is 0.349. The number of carbonyl (C=O) groups excluding carboxylic acids is 1. The van der Waals surface area contributed by atoms with E-state index in [-0.39, 0.29) is 5.91 Å². The zero-order valence-corrected chi connectivity index (χ0v) is 20.0. The molecule has 0 radical (unpaired) electrons. The number of carbonyl (C=O) groups is 1. The average Bonchev–Trinajstić information content (AvgIpc) is 2.93. The smallest absolute Gasteiger partial charge is 0.280 e. The van der Waals surface area contributed by atoms with Gasteiger partial charge < -0.3 is 14.2 Å². The van der Waals surface area contributed by atoms with Crippen LogP contribution in [-0.2, 0) is 18.0 Å². The van der Waals surface area contributed by atoms with Gasteiger partial charge in [0.05, 0.1) is 6.21 Å². The second-order valence-electron chi connectivity index (χ2n) is 8.08. The molecule has 0 aliphatic heterocycles. The van der Waals surface area contributed by atoms with Crippen LogP contribution in [-0.4, -0.2) is 18.2 Å². The molecule has 182 valence electrons. The van der Waals surface area contributed by atoms with Gasteiger partial charge in [0, 0.05) is 0 Å². The molecule has 4 rings (SSSR count). The Labute approximate surface area is 211 Å². The number of nitrogens with one attached hydrogen (secondary N) is 1. The maximum atomic E-state index is 12.3. The van der Waals surface area contributed by atoms with Crippen molar-refractivity contribution in [3.63, 3.8) is 0 Å². The molecule has 0 aromatic heterocycles. The minimum atomic E-state index is -0.716. The summed E-state index contributed by atoms with van der Waals surface area (Å²) in [4.78, 5) is 12.3. The first-order valence-corrected chi connectivity index (χ1v) is 11.7. The third kappa shape index (κ3) is 7.74. The van der Waals surface area contributed by atoms with Gasteiger partial charge in [-0.2, -0.15) is 5.10 Å². The van der Waals surface area contributed by atoms with Crippen LogP contribution in [0, 0.1) is 0 Å². The lowest BCUT2D eigenvalue weighted by Crippen LogP contribution is -2.33. The molecule has 0 saturated carbocycles. The van der Waals surface area contributed by atoms with E-state index < -0.39 is 6.10 Å². The quantitative estimate of drug-likeness (QED) is 0.219. The van der Waals surface area contributed by atoms with Gasteiger partial charge in [0.2, 0.25) is 0 Å². The third-order valence-electron chi connectivity index (χ3n) is 5.27. The van der Waals surface area contributed by atoms with Gasteiger partial charge >= 0.3 is 0 Å². The van der Waals surface area contributed by atoms with Crippen LogP contribution in [0.4, 0.5) is 0 Å². The molecular formula is C30H28N2O4. The molecule has 0 spiro atoms. The molecule has 4 aromatic rings. The number of hydrazone groups is 1. The van der Waals surface area contributed by atoms with Crippen molar-refractivity contribution in [3.05, 3.63) is 126 Å². The van der Waals surface area contributed by atoms with Gasteiger partial charge in [-0.15, -0.1) is 0 Å². The minimum Gasteiger partial charge on any atom is -0.489 e. The van der Waals surface area contributed by atoms with Gasteiger partial charge in [-0.25, -0.2) is 5.43 Å². The highest BCUT2D eigenvalue weighted by molar-refractivity contribution is 5.84. The summed E-state index contributed by atoms with van der Waals surface area (Å²) >= 11 is 0. The van der Waals surface area contributed by atoms with E-state index in [9.17, 15) is 4.79 Å². The topological polar surface area (TPSA) is 69.2 Å². The number of nitrogens with zero attached hydrogens (tertiary/aromatic N) is 1. The van der Waals surface area contributed by atoms with E-state index >= 15 is 0 Å². The van der Waals surface area contributed by atoms with Crippen LogP contribution in [0.2, 0.25) is 0 Å². The van der Waals surface area contributed by atoms with E-state index in [1.165, 1.54) is 0 Å². The molecule has 0 bridgehead atoms. The Balaban J connectivity index is 1.19. The largest absolute Gasteiger partial charge is 0.489 e. The molecule has 0 aliphatic carbocycles. The Morgan fingerprint density at radius 1 is 0.722 bits per heavy atom. The van der Waals surface area contributed by atoms with E-state index in [0.29, 0.717) is 19.0 Å². The molecule has 1 unspecified atom stereocenters. The van der Waals surface area contributed by atoms with E-state index in [4.69, 9.17) is 14.2 Å². The summed E-state index contributed by atoms with van der Waals surface area (Å²) in [5, 5.41) is 4.03. The van der Waals surface area contributed by atoms with Crippen LogP contribution in [0.1, 0.15) is 23.6 Å². The summed E-state index contributed by atoms with van der Waals surface area (Å²) in [6, 6.07) is 34.6. The van der Waals surface area contributed by atoms with Gasteiger partial charge in [-0.1, -0.05) is 60.7 Å². The second kappa shape index (κ2) is 12.8.